The molecule has 3 rings (SSSR count). The fourth-order valence-electron chi connectivity index (χ4n) is 4.53. The van der Waals surface area contributed by atoms with E-state index in [-0.39, 0.29) is 0 Å². The highest BCUT2D eigenvalue weighted by Gasteiger charge is 2.51. The van der Waals surface area contributed by atoms with Gasteiger partial charge in [-0.2, -0.15) is 0 Å². The van der Waals surface area contributed by atoms with E-state index in [1.807, 2.05) is 83.1 Å². The summed E-state index contributed by atoms with van der Waals surface area (Å²) in [6.07, 6.45) is -1.14. The fourth-order valence-corrected chi connectivity index (χ4v) is 4.74. The Morgan fingerprint density at radius 2 is 1.54 bits per heavy atom. The predicted octanol–water partition coefficient (Wildman–Crippen LogP) is 6.89. The summed E-state index contributed by atoms with van der Waals surface area (Å²) in [6, 6.07) is 14.6. The largest absolute Gasteiger partial charge is 0.444 e. The highest BCUT2D eigenvalue weighted by Crippen LogP contribution is 2.42. The van der Waals surface area contributed by atoms with Crippen LogP contribution >= 0.6 is 23.2 Å². The van der Waals surface area contributed by atoms with Gasteiger partial charge in [-0.3, -0.25) is 4.79 Å². The lowest BCUT2D eigenvalue weighted by molar-refractivity contribution is -0.145. The lowest BCUT2D eigenvalue weighted by Crippen LogP contribution is -2.50. The summed E-state index contributed by atoms with van der Waals surface area (Å²) in [6.45, 7) is 11.9. The van der Waals surface area contributed by atoms with Gasteiger partial charge in [-0.25, -0.2) is 9.18 Å². The Labute approximate surface area is 228 Å². The molecule has 1 N–H and O–H groups in total. The number of nitrogens with one attached hydrogen (secondary N) is 1. The summed E-state index contributed by atoms with van der Waals surface area (Å²) in [5.74, 6) is -0.584. The first kappa shape index (κ1) is 29.2. The number of alkyl carbamates (subject to hydrolysis) is 1. The normalized spacial score (nSPS) is 19.7. The van der Waals surface area contributed by atoms with Crippen LogP contribution in [-0.2, 0) is 19.8 Å². The average Bonchev–Trinajstić information content (AvgIpc) is 3.07. The second kappa shape index (κ2) is 10.8. The number of halogens is 3. The number of ether oxygens (including phenoxy) is 2. The van der Waals surface area contributed by atoms with E-state index in [1.165, 1.54) is 4.90 Å². The van der Waals surface area contributed by atoms with Crippen molar-refractivity contribution in [3.8, 4) is 11.1 Å². The topological polar surface area (TPSA) is 67.9 Å². The van der Waals surface area contributed by atoms with Crippen LogP contribution in [0.5, 0.6) is 0 Å². The van der Waals surface area contributed by atoms with E-state index in [4.69, 9.17) is 32.7 Å². The second-order valence-corrected chi connectivity index (χ2v) is 12.3. The van der Waals surface area contributed by atoms with Crippen LogP contribution < -0.4 is 5.32 Å². The van der Waals surface area contributed by atoms with E-state index >= 15 is 0 Å². The summed E-state index contributed by atoms with van der Waals surface area (Å²) in [7, 11) is 0. The lowest BCUT2D eigenvalue weighted by Gasteiger charge is -2.33. The molecule has 0 spiro atoms. The fraction of sp³-hybridized carbons (Fsp3) is 0.500. The van der Waals surface area contributed by atoms with Crippen LogP contribution in [0.3, 0.4) is 0 Å². The van der Waals surface area contributed by atoms with Crippen molar-refractivity contribution in [1.82, 2.24) is 10.2 Å². The van der Waals surface area contributed by atoms with Crippen LogP contribution in [0.25, 0.3) is 11.1 Å². The molecule has 6 nitrogen and oxygen atoms in total. The van der Waals surface area contributed by atoms with Crippen molar-refractivity contribution in [2.75, 3.05) is 6.67 Å². The van der Waals surface area contributed by atoms with Crippen LogP contribution in [0.2, 0.25) is 0 Å². The third-order valence-corrected chi connectivity index (χ3v) is 6.62. The maximum absolute atomic E-state index is 14.1. The van der Waals surface area contributed by atoms with Crippen LogP contribution in [0.4, 0.5) is 9.18 Å². The zero-order valence-electron chi connectivity index (χ0n) is 22.3. The summed E-state index contributed by atoms with van der Waals surface area (Å²) in [5.41, 5.74) is 1.33. The minimum atomic E-state index is -1.30. The van der Waals surface area contributed by atoms with Crippen molar-refractivity contribution in [2.45, 2.75) is 82.3 Å². The monoisotopic (exact) mass is 552 g/mol. The predicted molar refractivity (Wildman–Crippen MR) is 144 cm³/mol. The van der Waals surface area contributed by atoms with Gasteiger partial charge in [0.15, 0.2) is 4.84 Å². The molecule has 1 aliphatic rings. The molecule has 1 saturated heterocycles. The molecule has 0 saturated carbocycles. The van der Waals surface area contributed by atoms with Gasteiger partial charge in [-0.15, -0.1) is 0 Å². The van der Waals surface area contributed by atoms with Gasteiger partial charge in [0.05, 0.1) is 11.6 Å². The van der Waals surface area contributed by atoms with Gasteiger partial charge in [0.25, 0.3) is 5.91 Å². The molecule has 1 aliphatic heterocycles. The lowest BCUT2D eigenvalue weighted by atomic mass is 9.92. The number of carbonyl (C=O) groups is 2. The van der Waals surface area contributed by atoms with Gasteiger partial charge in [0, 0.05) is 0 Å². The Hall–Kier alpha value is -2.35. The van der Waals surface area contributed by atoms with Crippen molar-refractivity contribution in [2.24, 2.45) is 0 Å². The maximum Gasteiger partial charge on any atom is 0.408 e. The number of carbonyl (C=O) groups excluding carboxylic acids is 2. The maximum atomic E-state index is 14.1. The van der Waals surface area contributed by atoms with Crippen LogP contribution in [0, 0.1) is 0 Å². The van der Waals surface area contributed by atoms with Crippen molar-refractivity contribution in [1.29, 1.82) is 0 Å². The Morgan fingerprint density at radius 3 is 2.00 bits per heavy atom. The van der Waals surface area contributed by atoms with E-state index in [1.54, 1.807) is 13.8 Å². The molecule has 202 valence electrons. The number of amides is 2. The minimum Gasteiger partial charge on any atom is -0.444 e. The smallest absolute Gasteiger partial charge is 0.408 e. The van der Waals surface area contributed by atoms with Gasteiger partial charge in [0.1, 0.15) is 24.1 Å². The Morgan fingerprint density at radius 1 is 1.03 bits per heavy atom. The van der Waals surface area contributed by atoms with Gasteiger partial charge >= 0.3 is 6.09 Å². The van der Waals surface area contributed by atoms with Crippen molar-refractivity contribution < 1.29 is 23.5 Å². The summed E-state index contributed by atoms with van der Waals surface area (Å²) in [4.78, 5) is 24.8. The van der Waals surface area contributed by atoms with E-state index < -0.39 is 52.5 Å². The third-order valence-electron chi connectivity index (χ3n) is 6.25. The zero-order valence-corrected chi connectivity index (χ0v) is 23.8. The van der Waals surface area contributed by atoms with E-state index in [0.29, 0.717) is 0 Å². The number of nitrogens with zero attached hydrogens (tertiary/aromatic N) is 1. The minimum absolute atomic E-state index is 0.478. The van der Waals surface area contributed by atoms with E-state index in [9.17, 15) is 14.0 Å². The van der Waals surface area contributed by atoms with Crippen molar-refractivity contribution in [3.05, 3.63) is 59.7 Å². The molecule has 9 heteroatoms. The number of hydrogen-bond acceptors (Lipinski definition) is 4. The summed E-state index contributed by atoms with van der Waals surface area (Å²) < 4.78 is 25.6. The number of benzene rings is 2. The molecule has 0 aromatic heterocycles. The molecule has 37 heavy (non-hydrogen) atoms. The van der Waals surface area contributed by atoms with Crippen molar-refractivity contribution in [3.63, 3.8) is 0 Å². The number of rotatable bonds is 6. The molecular weight excluding hydrogens is 518 g/mol. The highest BCUT2D eigenvalue weighted by atomic mass is 35.5. The zero-order chi connectivity index (χ0) is 27.8. The quantitative estimate of drug-likeness (QED) is 0.396. The molecule has 2 aromatic carbocycles. The van der Waals surface area contributed by atoms with Crippen LogP contribution in [0.1, 0.15) is 65.7 Å². The van der Waals surface area contributed by atoms with Gasteiger partial charge < -0.3 is 19.7 Å². The Balaban J connectivity index is 1.77. The van der Waals surface area contributed by atoms with Gasteiger partial charge in [-0.1, -0.05) is 71.7 Å². The third kappa shape index (κ3) is 6.75. The first-order valence-electron chi connectivity index (χ1n) is 12.1. The van der Waals surface area contributed by atoms with E-state index in [0.717, 1.165) is 22.3 Å². The molecule has 1 heterocycles. The first-order chi connectivity index (χ1) is 17.1. The summed E-state index contributed by atoms with van der Waals surface area (Å²) >= 11 is 11.6. The molecule has 0 unspecified atom stereocenters. The molecule has 2 amide bonds. The molecule has 2 atom stereocenters. The average molecular weight is 554 g/mol. The second-order valence-electron chi connectivity index (χ2n) is 11.2. The molecule has 2 aromatic rings. The van der Waals surface area contributed by atoms with Crippen molar-refractivity contribution >= 4 is 35.2 Å². The SMILES string of the molecule is CC(C)(C)OC(=O)NC(C)(C)c1ccc(-c2ccc([C@H]3OC(C)(C)N(C(=O)C(Cl)Cl)[C@@H]3CF)cc2)cc1. The van der Waals surface area contributed by atoms with Crippen LogP contribution in [0.15, 0.2) is 48.5 Å². The molecule has 0 radical (unpaired) electrons. The Kier molecular flexibility index (Phi) is 8.52. The number of alkyl halides is 3. The van der Waals surface area contributed by atoms with E-state index in [2.05, 4.69) is 5.32 Å². The van der Waals surface area contributed by atoms with Crippen LogP contribution in [-0.4, -0.2) is 45.8 Å². The molecular formula is C28H35Cl2FN2O4. The highest BCUT2D eigenvalue weighted by molar-refractivity contribution is 6.53. The first-order valence-corrected chi connectivity index (χ1v) is 13.0. The molecule has 0 bridgehead atoms. The standard InChI is InChI=1S/C28H35Cl2FN2O4/c1-26(2,3)37-25(35)32-27(4,5)20-14-12-18(13-15-20)17-8-10-19(11-9-17)22-21(16-31)33(24(34)23(29)30)28(6,7)36-22/h8-15,21-23H,16H2,1-7H3,(H,32,35)/t21-,22-/m1/s1. The molecule has 1 fully saturated rings. The Bertz CT molecular complexity index is 1110. The van der Waals surface area contributed by atoms with Gasteiger partial charge in [0.2, 0.25) is 0 Å². The number of hydrogen-bond donors (Lipinski definition) is 1. The van der Waals surface area contributed by atoms with Gasteiger partial charge in [-0.05, 0) is 70.7 Å². The molecule has 0 aliphatic carbocycles. The summed E-state index contributed by atoms with van der Waals surface area (Å²) in [5, 5.41) is 2.91.